The molecule has 2 rings (SSSR count). The van der Waals surface area contributed by atoms with Gasteiger partial charge in [0.25, 0.3) is 5.89 Å². The van der Waals surface area contributed by atoms with Crippen molar-refractivity contribution in [2.75, 3.05) is 0 Å². The highest BCUT2D eigenvalue weighted by atomic mass is 19.4. The van der Waals surface area contributed by atoms with Gasteiger partial charge in [-0.3, -0.25) is 4.98 Å². The normalized spacial score (nSPS) is 11.8. The van der Waals surface area contributed by atoms with E-state index in [2.05, 4.69) is 15.2 Å². The lowest BCUT2D eigenvalue weighted by atomic mass is 10.2. The molecule has 2 aromatic heterocycles. The Balaban J connectivity index is 2.33. The second-order valence-electron chi connectivity index (χ2n) is 3.06. The molecule has 2 heterocycles. The number of aromatic nitrogens is 3. The van der Waals surface area contributed by atoms with Crippen LogP contribution in [0.4, 0.5) is 13.2 Å². The first-order valence-corrected chi connectivity index (χ1v) is 4.30. The van der Waals surface area contributed by atoms with E-state index in [9.17, 15) is 13.2 Å². The number of rotatable bonds is 1. The van der Waals surface area contributed by atoms with Crippen molar-refractivity contribution < 1.29 is 17.6 Å². The Morgan fingerprint density at radius 3 is 2.38 bits per heavy atom. The van der Waals surface area contributed by atoms with E-state index in [1.165, 1.54) is 6.07 Å². The van der Waals surface area contributed by atoms with Crippen LogP contribution in [-0.4, -0.2) is 15.2 Å². The fraction of sp³-hybridized carbons (Fsp3) is 0.222. The summed E-state index contributed by atoms with van der Waals surface area (Å²) >= 11 is 0. The van der Waals surface area contributed by atoms with Crippen molar-refractivity contribution in [3.05, 3.63) is 29.8 Å². The molecule has 4 nitrogen and oxygen atoms in total. The molecule has 0 aliphatic carbocycles. The van der Waals surface area contributed by atoms with E-state index in [0.29, 0.717) is 5.89 Å². The van der Waals surface area contributed by atoms with Crippen LogP contribution in [0.25, 0.3) is 11.6 Å². The number of nitrogens with zero attached hydrogens (tertiary/aromatic N) is 3. The maximum Gasteiger partial charge on any atom is 0.417 e. The summed E-state index contributed by atoms with van der Waals surface area (Å²) < 4.78 is 41.7. The highest BCUT2D eigenvalue weighted by Gasteiger charge is 2.30. The van der Waals surface area contributed by atoms with Gasteiger partial charge in [0.1, 0.15) is 5.69 Å². The van der Waals surface area contributed by atoms with Crippen LogP contribution in [0.1, 0.15) is 11.5 Å². The minimum absolute atomic E-state index is 0.103. The molecule has 0 amide bonds. The molecule has 0 saturated heterocycles. The molecule has 0 bridgehead atoms. The zero-order valence-electron chi connectivity index (χ0n) is 8.12. The van der Waals surface area contributed by atoms with Crippen LogP contribution in [0.15, 0.2) is 22.7 Å². The first kappa shape index (κ1) is 10.6. The van der Waals surface area contributed by atoms with Gasteiger partial charge in [0.05, 0.1) is 5.56 Å². The highest BCUT2D eigenvalue weighted by Crippen LogP contribution is 2.29. The Kier molecular flexibility index (Phi) is 2.37. The molecular formula is C9H6F3N3O. The number of aryl methyl sites for hydroxylation is 1. The summed E-state index contributed by atoms with van der Waals surface area (Å²) in [7, 11) is 0. The van der Waals surface area contributed by atoms with Crippen molar-refractivity contribution in [3.63, 3.8) is 0 Å². The fourth-order valence-electron chi connectivity index (χ4n) is 1.09. The third-order valence-corrected chi connectivity index (χ3v) is 1.84. The summed E-state index contributed by atoms with van der Waals surface area (Å²) in [4.78, 5) is 3.61. The fourth-order valence-corrected chi connectivity index (χ4v) is 1.09. The summed E-state index contributed by atoms with van der Waals surface area (Å²) in [5.41, 5.74) is -0.596. The highest BCUT2D eigenvalue weighted by molar-refractivity contribution is 5.46. The molecule has 0 atom stereocenters. The maximum absolute atomic E-state index is 12.2. The van der Waals surface area contributed by atoms with E-state index >= 15 is 0 Å². The van der Waals surface area contributed by atoms with Crippen molar-refractivity contribution in [2.24, 2.45) is 0 Å². The third kappa shape index (κ3) is 2.02. The SMILES string of the molecule is Cc1nnc(-c2ccc(C(F)(F)F)cn2)o1. The molecule has 0 spiro atoms. The van der Waals surface area contributed by atoms with Crippen molar-refractivity contribution in [1.82, 2.24) is 15.2 Å². The van der Waals surface area contributed by atoms with Crippen molar-refractivity contribution in [3.8, 4) is 11.6 Å². The predicted molar refractivity (Wildman–Crippen MR) is 47.3 cm³/mol. The first-order valence-electron chi connectivity index (χ1n) is 4.30. The minimum atomic E-state index is -4.39. The van der Waals surface area contributed by atoms with Gasteiger partial charge in [0, 0.05) is 13.1 Å². The number of hydrogen-bond donors (Lipinski definition) is 0. The van der Waals surface area contributed by atoms with Crippen molar-refractivity contribution >= 4 is 0 Å². The summed E-state index contributed by atoms with van der Waals surface area (Å²) in [6, 6.07) is 2.11. The Labute approximate surface area is 88.1 Å². The van der Waals surface area contributed by atoms with Gasteiger partial charge < -0.3 is 4.42 Å². The van der Waals surface area contributed by atoms with E-state index in [4.69, 9.17) is 4.42 Å². The van der Waals surface area contributed by atoms with Crippen LogP contribution >= 0.6 is 0 Å². The van der Waals surface area contributed by atoms with Gasteiger partial charge in [-0.15, -0.1) is 10.2 Å². The zero-order chi connectivity index (χ0) is 11.8. The van der Waals surface area contributed by atoms with Gasteiger partial charge in [-0.25, -0.2) is 0 Å². The Morgan fingerprint density at radius 1 is 1.19 bits per heavy atom. The molecule has 0 N–H and O–H groups in total. The summed E-state index contributed by atoms with van der Waals surface area (Å²) in [6.07, 6.45) is -3.66. The average molecular weight is 229 g/mol. The molecule has 7 heteroatoms. The standard InChI is InChI=1S/C9H6F3N3O/c1-5-14-15-8(16-5)7-3-2-6(4-13-7)9(10,11)12/h2-4H,1H3. The second kappa shape index (κ2) is 3.58. The van der Waals surface area contributed by atoms with Gasteiger partial charge in [0.15, 0.2) is 0 Å². The van der Waals surface area contributed by atoms with Gasteiger partial charge >= 0.3 is 6.18 Å². The molecule has 2 aromatic rings. The van der Waals surface area contributed by atoms with Gasteiger partial charge in [-0.05, 0) is 12.1 Å². The largest absolute Gasteiger partial charge is 0.420 e. The van der Waals surface area contributed by atoms with E-state index in [0.717, 1.165) is 12.3 Å². The quantitative estimate of drug-likeness (QED) is 0.753. The summed E-state index contributed by atoms with van der Waals surface area (Å²) in [5, 5.41) is 7.20. The lowest BCUT2D eigenvalue weighted by molar-refractivity contribution is -0.137. The number of alkyl halides is 3. The first-order chi connectivity index (χ1) is 7.47. The van der Waals surface area contributed by atoms with Crippen LogP contribution in [-0.2, 0) is 6.18 Å². The minimum Gasteiger partial charge on any atom is -0.420 e. The molecule has 0 aliphatic rings. The van der Waals surface area contributed by atoms with Crippen LogP contribution in [0.5, 0.6) is 0 Å². The number of hydrogen-bond acceptors (Lipinski definition) is 4. The smallest absolute Gasteiger partial charge is 0.417 e. The van der Waals surface area contributed by atoms with E-state index < -0.39 is 11.7 Å². The molecule has 0 unspecified atom stereocenters. The van der Waals surface area contributed by atoms with Crippen molar-refractivity contribution in [2.45, 2.75) is 13.1 Å². The predicted octanol–water partition coefficient (Wildman–Crippen LogP) is 2.46. The van der Waals surface area contributed by atoms with E-state index in [1.807, 2.05) is 0 Å². The number of halogens is 3. The molecular weight excluding hydrogens is 223 g/mol. The molecule has 0 saturated carbocycles. The van der Waals surface area contributed by atoms with Crippen LogP contribution in [0.2, 0.25) is 0 Å². The molecule has 0 fully saturated rings. The monoisotopic (exact) mass is 229 g/mol. The molecule has 16 heavy (non-hydrogen) atoms. The lowest BCUT2D eigenvalue weighted by Crippen LogP contribution is -2.05. The summed E-state index contributed by atoms with van der Waals surface area (Å²) in [5.74, 6) is 0.433. The Bertz CT molecular complexity index is 489. The van der Waals surface area contributed by atoms with Gasteiger partial charge in [-0.1, -0.05) is 0 Å². The maximum atomic E-state index is 12.2. The van der Waals surface area contributed by atoms with Gasteiger partial charge in [-0.2, -0.15) is 13.2 Å². The lowest BCUT2D eigenvalue weighted by Gasteiger charge is -2.05. The second-order valence-corrected chi connectivity index (χ2v) is 3.06. The van der Waals surface area contributed by atoms with E-state index in [-0.39, 0.29) is 11.6 Å². The van der Waals surface area contributed by atoms with E-state index in [1.54, 1.807) is 6.92 Å². The van der Waals surface area contributed by atoms with Crippen LogP contribution in [0, 0.1) is 6.92 Å². The Morgan fingerprint density at radius 2 is 1.94 bits per heavy atom. The molecule has 0 radical (unpaired) electrons. The zero-order valence-corrected chi connectivity index (χ0v) is 8.12. The number of pyridine rings is 1. The van der Waals surface area contributed by atoms with Crippen LogP contribution in [0.3, 0.4) is 0 Å². The molecule has 0 aromatic carbocycles. The van der Waals surface area contributed by atoms with Gasteiger partial charge in [0.2, 0.25) is 5.89 Å². The van der Waals surface area contributed by atoms with Crippen molar-refractivity contribution in [1.29, 1.82) is 0 Å². The molecule has 0 aliphatic heterocycles. The summed E-state index contributed by atoms with van der Waals surface area (Å²) in [6.45, 7) is 1.58. The topological polar surface area (TPSA) is 51.8 Å². The Hall–Kier alpha value is -1.92. The third-order valence-electron chi connectivity index (χ3n) is 1.84. The van der Waals surface area contributed by atoms with Crippen LogP contribution < -0.4 is 0 Å². The average Bonchev–Trinajstić information content (AvgIpc) is 2.64. The molecule has 84 valence electrons.